The summed E-state index contributed by atoms with van der Waals surface area (Å²) >= 11 is 9.45. The number of ether oxygens (including phenoxy) is 3. The zero-order valence-corrected chi connectivity index (χ0v) is 42.4. The predicted molar refractivity (Wildman–Crippen MR) is 265 cm³/mol. The second-order valence-electron chi connectivity index (χ2n) is 18.2. The number of aliphatic hydroxyl groups excluding tert-OH is 1. The molecule has 0 spiro atoms. The van der Waals surface area contributed by atoms with Crippen LogP contribution in [0.5, 0.6) is 0 Å². The summed E-state index contributed by atoms with van der Waals surface area (Å²) in [5, 5.41) is 29.6. The Morgan fingerprint density at radius 1 is 0.884 bits per heavy atom. The monoisotopic (exact) mass is 1000 g/mol. The van der Waals surface area contributed by atoms with Crippen LogP contribution in [0.1, 0.15) is 84.1 Å². The molecule has 368 valence electrons. The summed E-state index contributed by atoms with van der Waals surface area (Å²) in [5.74, 6) is -0.231. The van der Waals surface area contributed by atoms with Crippen molar-refractivity contribution in [3.63, 3.8) is 0 Å². The molecule has 0 radical (unpaired) electrons. The van der Waals surface area contributed by atoms with Gasteiger partial charge in [-0.3, -0.25) is 28.7 Å². The highest BCUT2D eigenvalue weighted by molar-refractivity contribution is 7.15. The van der Waals surface area contributed by atoms with E-state index in [0.717, 1.165) is 54.0 Å². The van der Waals surface area contributed by atoms with Gasteiger partial charge in [0.05, 0.1) is 67.4 Å². The fraction of sp³-hybridized carbons (Fsp3) is 0.469. The Kier molecular flexibility index (Phi) is 17.2. The number of thiazole rings is 1. The normalized spacial score (nSPS) is 17.1. The van der Waals surface area contributed by atoms with Gasteiger partial charge in [0.25, 0.3) is 0 Å². The van der Waals surface area contributed by atoms with E-state index in [1.165, 1.54) is 4.90 Å². The molecule has 5 aromatic rings. The standard InChI is InChI=1S/C49H60ClN9O8S2/c1-28-30(3)69-48-41(28)42(33-12-14-35(50)15-13-33)54-37(45-57-56-31(4)59(45)48)23-39(61)51-16-17-65-18-19-66-20-21-67-26-40(62)55-44(49(5,6)7)47(64)58-25-36(60)22-38(58)46(63)52-24-32-8-10-34(11-9-32)43-29(2)53-27-68-43/h8-15,27,36-38,44,60H,16-26H2,1-7H3,(H,51,61)(H,52,63)(H,55,62)/t36?,37?,38-,44+/m0/s1. The van der Waals surface area contributed by atoms with Crippen LogP contribution in [-0.2, 0) is 39.9 Å². The number of thiophene rings is 1. The van der Waals surface area contributed by atoms with Crippen molar-refractivity contribution in [3.05, 3.63) is 104 Å². The average molecular weight is 1000 g/mol. The van der Waals surface area contributed by atoms with Crippen LogP contribution in [0.15, 0.2) is 59.0 Å². The first kappa shape index (κ1) is 51.4. The van der Waals surface area contributed by atoms with Crippen molar-refractivity contribution in [2.24, 2.45) is 10.4 Å². The van der Waals surface area contributed by atoms with Gasteiger partial charge in [0.15, 0.2) is 5.82 Å². The summed E-state index contributed by atoms with van der Waals surface area (Å²) in [7, 11) is 0. The Labute approximate surface area is 415 Å². The van der Waals surface area contributed by atoms with E-state index in [9.17, 15) is 24.3 Å². The second-order valence-corrected chi connectivity index (χ2v) is 20.7. The van der Waals surface area contributed by atoms with E-state index < -0.39 is 41.5 Å². The topological polar surface area (TPSA) is 211 Å². The largest absolute Gasteiger partial charge is 0.391 e. The molecule has 4 N–H and O–H groups in total. The molecule has 2 aliphatic rings. The first-order chi connectivity index (χ1) is 33.0. The number of carbonyl (C=O) groups excluding carboxylic acids is 4. The van der Waals surface area contributed by atoms with Crippen molar-refractivity contribution in [3.8, 4) is 15.4 Å². The molecular weight excluding hydrogens is 942 g/mol. The number of rotatable bonds is 20. The van der Waals surface area contributed by atoms with Crippen LogP contribution in [-0.4, -0.2) is 130 Å². The summed E-state index contributed by atoms with van der Waals surface area (Å²) in [4.78, 5) is 66.8. The van der Waals surface area contributed by atoms with Crippen LogP contribution in [0.25, 0.3) is 15.4 Å². The van der Waals surface area contributed by atoms with Crippen molar-refractivity contribution >= 4 is 63.6 Å². The van der Waals surface area contributed by atoms with Crippen LogP contribution in [0, 0.1) is 33.1 Å². The minimum Gasteiger partial charge on any atom is -0.391 e. The van der Waals surface area contributed by atoms with Gasteiger partial charge < -0.3 is 40.2 Å². The Bertz CT molecular complexity index is 2640. The Morgan fingerprint density at radius 2 is 1.57 bits per heavy atom. The van der Waals surface area contributed by atoms with Gasteiger partial charge >= 0.3 is 0 Å². The van der Waals surface area contributed by atoms with Crippen molar-refractivity contribution in [2.75, 3.05) is 52.7 Å². The van der Waals surface area contributed by atoms with Crippen LogP contribution >= 0.6 is 34.3 Å². The predicted octanol–water partition coefficient (Wildman–Crippen LogP) is 5.60. The van der Waals surface area contributed by atoms with Gasteiger partial charge in [-0.15, -0.1) is 32.9 Å². The Balaban J connectivity index is 0.797. The molecule has 1 saturated heterocycles. The van der Waals surface area contributed by atoms with Gasteiger partial charge in [-0.05, 0) is 61.9 Å². The zero-order valence-electron chi connectivity index (χ0n) is 40.0. The van der Waals surface area contributed by atoms with E-state index in [-0.39, 0.29) is 83.9 Å². The number of carbonyl (C=O) groups is 4. The summed E-state index contributed by atoms with van der Waals surface area (Å²) in [6, 6.07) is 12.9. The number of benzene rings is 2. The highest BCUT2D eigenvalue weighted by atomic mass is 35.5. The summed E-state index contributed by atoms with van der Waals surface area (Å²) < 4.78 is 18.8. The van der Waals surface area contributed by atoms with Crippen molar-refractivity contribution in [2.45, 2.75) is 92.1 Å². The molecule has 7 rings (SSSR count). The fourth-order valence-electron chi connectivity index (χ4n) is 8.23. The molecule has 17 nitrogen and oxygen atoms in total. The van der Waals surface area contributed by atoms with E-state index in [1.807, 2.05) is 93.2 Å². The molecule has 3 aromatic heterocycles. The third-order valence-electron chi connectivity index (χ3n) is 12.0. The van der Waals surface area contributed by atoms with Gasteiger partial charge in [-0.25, -0.2) is 4.98 Å². The summed E-state index contributed by atoms with van der Waals surface area (Å²) in [6.07, 6.45) is -0.737. The van der Waals surface area contributed by atoms with Gasteiger partial charge in [0.2, 0.25) is 23.6 Å². The fourth-order valence-corrected chi connectivity index (χ4v) is 10.4. The third kappa shape index (κ3) is 12.7. The SMILES string of the molecule is Cc1ncsc1-c1ccc(CNC(=O)[C@@H]2CC(O)CN2C(=O)[C@@H](NC(=O)COCCOCCOCCNC(=O)CC2N=C(c3ccc(Cl)cc3)c3c(sc(C)c3C)-n3c(C)nnc32)C(C)(C)C)cc1. The first-order valence-corrected chi connectivity index (χ1v) is 25.0. The maximum absolute atomic E-state index is 14.0. The molecule has 2 aromatic carbocycles. The lowest BCUT2D eigenvalue weighted by atomic mass is 9.85. The number of amides is 4. The number of halogens is 1. The molecule has 0 aliphatic carbocycles. The van der Waals surface area contributed by atoms with Gasteiger partial charge in [0, 0.05) is 47.1 Å². The molecule has 0 bridgehead atoms. The number of likely N-dealkylation sites (tertiary alicyclic amines) is 1. The van der Waals surface area contributed by atoms with Crippen LogP contribution in [0.4, 0.5) is 0 Å². The number of aliphatic hydroxyl groups is 1. The Morgan fingerprint density at radius 3 is 2.25 bits per heavy atom. The van der Waals surface area contributed by atoms with Crippen molar-refractivity contribution in [1.29, 1.82) is 0 Å². The highest BCUT2D eigenvalue weighted by Crippen LogP contribution is 2.40. The maximum Gasteiger partial charge on any atom is 0.246 e. The molecular formula is C49H60ClN9O8S2. The highest BCUT2D eigenvalue weighted by Gasteiger charge is 2.44. The molecule has 1 fully saturated rings. The van der Waals surface area contributed by atoms with Gasteiger partial charge in [-0.2, -0.15) is 0 Å². The molecule has 4 amide bonds. The van der Waals surface area contributed by atoms with Gasteiger partial charge in [0.1, 0.15) is 35.6 Å². The third-order valence-corrected chi connectivity index (χ3v) is 14.4. The van der Waals surface area contributed by atoms with Gasteiger partial charge in [-0.1, -0.05) is 68.8 Å². The number of fused-ring (bicyclic) bond motifs is 3. The van der Waals surface area contributed by atoms with Crippen LogP contribution in [0.2, 0.25) is 5.02 Å². The lowest BCUT2D eigenvalue weighted by Crippen LogP contribution is -2.58. The maximum atomic E-state index is 14.0. The number of hydrogen-bond acceptors (Lipinski definition) is 14. The first-order valence-electron chi connectivity index (χ1n) is 22.9. The molecule has 4 atom stereocenters. The number of nitrogens with one attached hydrogen (secondary N) is 3. The molecule has 0 saturated carbocycles. The molecule has 20 heteroatoms. The van der Waals surface area contributed by atoms with E-state index in [1.54, 1.807) is 22.7 Å². The van der Waals surface area contributed by atoms with E-state index in [4.69, 9.17) is 30.8 Å². The number of aliphatic imine (C=N–C) groups is 1. The number of aromatic nitrogens is 4. The van der Waals surface area contributed by atoms with Crippen LogP contribution < -0.4 is 16.0 Å². The van der Waals surface area contributed by atoms with E-state index in [0.29, 0.717) is 16.7 Å². The van der Waals surface area contributed by atoms with E-state index in [2.05, 4.69) is 45.0 Å². The lowest BCUT2D eigenvalue weighted by Gasteiger charge is -2.35. The number of β-amino-alcohol motifs (C(OH)–C–C–N with tert-alkyl or cyclic N) is 1. The van der Waals surface area contributed by atoms with E-state index >= 15 is 0 Å². The number of aryl methyl sites for hydroxylation is 3. The van der Waals surface area contributed by atoms with Crippen molar-refractivity contribution in [1.82, 2.24) is 40.6 Å². The number of nitrogens with zero attached hydrogens (tertiary/aromatic N) is 6. The number of hydrogen-bond donors (Lipinski definition) is 4. The quantitative estimate of drug-likeness (QED) is 0.0706. The molecule has 2 unspecified atom stereocenters. The lowest BCUT2D eigenvalue weighted by molar-refractivity contribution is -0.144. The molecule has 69 heavy (non-hydrogen) atoms. The minimum atomic E-state index is -0.984. The average Bonchev–Trinajstić information content (AvgIpc) is 4.08. The minimum absolute atomic E-state index is 0.0281. The molecule has 2 aliphatic heterocycles. The smallest absolute Gasteiger partial charge is 0.246 e. The Hall–Kier alpha value is -5.41. The zero-order chi connectivity index (χ0) is 49.4. The summed E-state index contributed by atoms with van der Waals surface area (Å²) in [5.41, 5.74) is 7.76. The summed E-state index contributed by atoms with van der Waals surface area (Å²) in [6.45, 7) is 14.8. The second kappa shape index (κ2) is 23.0. The van der Waals surface area contributed by atoms with Crippen LogP contribution in [0.3, 0.4) is 0 Å². The molecule has 5 heterocycles. The van der Waals surface area contributed by atoms with Crippen molar-refractivity contribution < 1.29 is 38.5 Å².